The van der Waals surface area contributed by atoms with E-state index in [0.29, 0.717) is 17.5 Å². The summed E-state index contributed by atoms with van der Waals surface area (Å²) in [4.78, 5) is 19.2. The quantitative estimate of drug-likeness (QED) is 0.248. The molecule has 3 heterocycles. The van der Waals surface area contributed by atoms with Crippen LogP contribution in [0.15, 0.2) is 148 Å². The highest BCUT2D eigenvalue weighted by Crippen LogP contribution is 2.68. The van der Waals surface area contributed by atoms with E-state index in [4.69, 9.17) is 19.4 Å². The van der Waals surface area contributed by atoms with E-state index in [2.05, 4.69) is 201 Å². The maximum Gasteiger partial charge on any atom is 0.164 e. The van der Waals surface area contributed by atoms with Crippen molar-refractivity contribution in [3.05, 3.63) is 133 Å². The molecular formula is C51H42B7N3OS. The Kier molecular flexibility index (Phi) is 9.15. The van der Waals surface area contributed by atoms with Crippen LogP contribution in [0.5, 0.6) is 0 Å². The second kappa shape index (κ2) is 14.6. The van der Waals surface area contributed by atoms with Crippen molar-refractivity contribution in [1.29, 1.82) is 0 Å². The number of aromatic nitrogens is 3. The zero-order chi connectivity index (χ0) is 43.5. The molecule has 8 aromatic carbocycles. The van der Waals surface area contributed by atoms with Gasteiger partial charge in [0.2, 0.25) is 0 Å². The molecule has 63 heavy (non-hydrogen) atoms. The minimum Gasteiger partial charge on any atom is -0.457 e. The van der Waals surface area contributed by atoms with Crippen molar-refractivity contribution < 1.29 is 4.42 Å². The molecule has 0 unspecified atom stereocenters. The zero-order valence-electron chi connectivity index (χ0n) is 37.4. The van der Waals surface area contributed by atoms with Crippen LogP contribution in [0.1, 0.15) is 0 Å². The summed E-state index contributed by atoms with van der Waals surface area (Å²) in [7, 11) is 14.2. The largest absolute Gasteiger partial charge is 0.457 e. The van der Waals surface area contributed by atoms with Gasteiger partial charge in [0.05, 0.1) is 0 Å². The van der Waals surface area contributed by atoms with Crippen molar-refractivity contribution in [3.63, 3.8) is 0 Å². The fourth-order valence-corrected chi connectivity index (χ4v) is 12.6. The number of benzene rings is 8. The van der Waals surface area contributed by atoms with Gasteiger partial charge in [-0.2, -0.15) is 10.0 Å². The summed E-state index contributed by atoms with van der Waals surface area (Å²) in [6.45, 7) is 0. The first kappa shape index (κ1) is 39.5. The molecule has 1 aliphatic rings. The number of hydrogen-bond donors (Lipinski definition) is 0. The molecule has 0 saturated carbocycles. The van der Waals surface area contributed by atoms with E-state index in [1.165, 1.54) is 70.1 Å². The van der Waals surface area contributed by atoms with Crippen molar-refractivity contribution in [3.8, 4) is 67.5 Å². The molecule has 0 aliphatic carbocycles. The number of hydrogen-bond acceptors (Lipinski definition) is 4. The van der Waals surface area contributed by atoms with Crippen molar-refractivity contribution >= 4 is 136 Å². The van der Waals surface area contributed by atoms with Crippen LogP contribution in [0.4, 0.5) is 0 Å². The smallest absolute Gasteiger partial charge is 0.164 e. The SMILES string of the molecule is Bc1c(B)c(B)c2c(oc3c(B)c(B)c(B)c(-c4nc(-c5cccc(-c6ccc(-c7ccc8ccccc8c7)cc6)c5)nc(-c5cccc6c5-c5ccccc5S6(C)C)n4)c32)c1B. The second-order valence-corrected chi connectivity index (χ2v) is 21.3. The molecule has 0 fully saturated rings. The third kappa shape index (κ3) is 6.05. The van der Waals surface area contributed by atoms with Gasteiger partial charge in [0.1, 0.15) is 66.1 Å². The summed E-state index contributed by atoms with van der Waals surface area (Å²) in [5.74, 6) is 1.96. The van der Waals surface area contributed by atoms with Crippen LogP contribution >= 0.6 is 10.0 Å². The molecule has 10 aromatic rings. The number of nitrogens with zero attached hydrogens (tertiary/aromatic N) is 3. The Hall–Kier alpha value is -6.37. The Bertz CT molecular complexity index is 3590. The van der Waals surface area contributed by atoms with Crippen LogP contribution in [-0.4, -0.2) is 82.4 Å². The summed E-state index contributed by atoms with van der Waals surface area (Å²) in [6.07, 6.45) is 4.80. The summed E-state index contributed by atoms with van der Waals surface area (Å²) >= 11 is 0. The third-order valence-corrected chi connectivity index (χ3v) is 17.1. The summed E-state index contributed by atoms with van der Waals surface area (Å²) in [5, 5.41) is 4.71. The van der Waals surface area contributed by atoms with Gasteiger partial charge in [-0.05, 0) is 75.4 Å². The van der Waals surface area contributed by atoms with Gasteiger partial charge in [0.25, 0.3) is 0 Å². The van der Waals surface area contributed by atoms with Crippen molar-refractivity contribution in [2.75, 3.05) is 12.5 Å². The first-order valence-corrected chi connectivity index (χ1v) is 24.2. The van der Waals surface area contributed by atoms with Crippen molar-refractivity contribution in [2.45, 2.75) is 9.79 Å². The van der Waals surface area contributed by atoms with Gasteiger partial charge in [-0.15, -0.1) is 5.46 Å². The van der Waals surface area contributed by atoms with E-state index in [9.17, 15) is 0 Å². The second-order valence-electron chi connectivity index (χ2n) is 17.8. The van der Waals surface area contributed by atoms with Crippen LogP contribution in [0.25, 0.3) is 100 Å². The summed E-state index contributed by atoms with van der Waals surface area (Å²) < 4.78 is 6.93. The zero-order valence-corrected chi connectivity index (χ0v) is 38.2. The highest BCUT2D eigenvalue weighted by molar-refractivity contribution is 8.33. The molecule has 0 N–H and O–H groups in total. The minimum atomic E-state index is -1.25. The first-order chi connectivity index (χ1) is 30.4. The van der Waals surface area contributed by atoms with Gasteiger partial charge < -0.3 is 4.42 Å². The fourth-order valence-electron chi connectivity index (χ4n) is 10.0. The van der Waals surface area contributed by atoms with Gasteiger partial charge >= 0.3 is 0 Å². The summed E-state index contributed by atoms with van der Waals surface area (Å²) in [5.41, 5.74) is 20.3. The van der Waals surface area contributed by atoms with Crippen molar-refractivity contribution in [1.82, 2.24) is 15.0 Å². The highest BCUT2D eigenvalue weighted by Gasteiger charge is 2.34. The molecule has 12 heteroatoms. The highest BCUT2D eigenvalue weighted by atomic mass is 32.3. The average Bonchev–Trinajstić information content (AvgIpc) is 3.82. The number of fused-ring (bicyclic) bond motifs is 7. The Morgan fingerprint density at radius 1 is 0.381 bits per heavy atom. The molecule has 0 spiro atoms. The lowest BCUT2D eigenvalue weighted by Crippen LogP contribution is -2.47. The molecule has 4 nitrogen and oxygen atoms in total. The lowest BCUT2D eigenvalue weighted by Gasteiger charge is -2.28. The predicted octanol–water partition coefficient (Wildman–Crippen LogP) is 1.53. The van der Waals surface area contributed by atoms with Crippen molar-refractivity contribution in [2.24, 2.45) is 0 Å². The molecule has 11 rings (SSSR count). The maximum atomic E-state index is 6.93. The Morgan fingerprint density at radius 2 is 0.921 bits per heavy atom. The lowest BCUT2D eigenvalue weighted by atomic mass is 9.64. The molecule has 0 atom stereocenters. The molecule has 0 saturated heterocycles. The van der Waals surface area contributed by atoms with E-state index < -0.39 is 10.0 Å². The Labute approximate surface area is 376 Å². The molecular weight excluding hydrogens is 778 g/mol. The van der Waals surface area contributed by atoms with Crippen LogP contribution in [-0.2, 0) is 0 Å². The van der Waals surface area contributed by atoms with E-state index >= 15 is 0 Å². The first-order valence-electron chi connectivity index (χ1n) is 21.8. The van der Waals surface area contributed by atoms with Gasteiger partial charge in [-0.25, -0.2) is 15.0 Å². The van der Waals surface area contributed by atoms with Crippen LogP contribution < -0.4 is 38.2 Å². The van der Waals surface area contributed by atoms with E-state index in [0.717, 1.165) is 60.7 Å². The monoisotopic (exact) mass is 821 g/mol. The average molecular weight is 821 g/mol. The molecule has 0 radical (unpaired) electrons. The fraction of sp³-hybridized carbons (Fsp3) is 0.0392. The maximum absolute atomic E-state index is 6.93. The predicted molar refractivity (Wildman–Crippen MR) is 290 cm³/mol. The van der Waals surface area contributed by atoms with E-state index in [1.54, 1.807) is 0 Å². The normalized spacial score (nSPS) is 13.4. The molecule has 2 aromatic heterocycles. The number of rotatable bonds is 5. The van der Waals surface area contributed by atoms with Gasteiger partial charge in [-0.3, -0.25) is 0 Å². The van der Waals surface area contributed by atoms with Gasteiger partial charge in [-0.1, -0.05) is 142 Å². The Morgan fingerprint density at radius 3 is 1.68 bits per heavy atom. The van der Waals surface area contributed by atoms with E-state index in [-0.39, 0.29) is 0 Å². The van der Waals surface area contributed by atoms with Gasteiger partial charge in [0, 0.05) is 42.8 Å². The molecule has 0 amide bonds. The van der Waals surface area contributed by atoms with Crippen LogP contribution in [0, 0.1) is 0 Å². The van der Waals surface area contributed by atoms with Gasteiger partial charge in [0.15, 0.2) is 17.5 Å². The number of furan rings is 1. The summed E-state index contributed by atoms with van der Waals surface area (Å²) in [6, 6.07) is 48.3. The van der Waals surface area contributed by atoms with Crippen LogP contribution in [0.2, 0.25) is 0 Å². The topological polar surface area (TPSA) is 51.8 Å². The Balaban J connectivity index is 1.14. The van der Waals surface area contributed by atoms with Crippen LogP contribution in [0.3, 0.4) is 0 Å². The van der Waals surface area contributed by atoms with E-state index in [1.807, 2.05) is 0 Å². The molecule has 1 aliphatic heterocycles. The lowest BCUT2D eigenvalue weighted by molar-refractivity contribution is 0.675. The molecule has 294 valence electrons. The molecule has 0 bridgehead atoms. The standard InChI is InChI=1S/C51H42B7N3OS/c1-63(2)34-15-6-5-13-32(34)36-33(14-8-16-35(36)63)50-59-49(31-12-7-11-29(24-31)26-17-19-27(20-18-26)30-22-21-25-9-3-4-10-28(25)23-30)60-51(61-50)39-37-38-40(52)42(54)44(56)46(58)48(38)62-47(37)45(57)43(55)41(39)53/h3-24H,52-58H2,1-2H3. The third-order valence-electron chi connectivity index (χ3n) is 14.2. The minimum absolute atomic E-state index is 0.638.